The molecule has 1 aliphatic rings. The fraction of sp³-hybridized carbons (Fsp3) is 0.423. The Hall–Kier alpha value is -2.82. The van der Waals surface area contributed by atoms with Crippen molar-refractivity contribution >= 4 is 43.5 Å². The van der Waals surface area contributed by atoms with Gasteiger partial charge in [0.05, 0.1) is 22.2 Å². The van der Waals surface area contributed by atoms with Crippen LogP contribution in [0.3, 0.4) is 0 Å². The lowest BCUT2D eigenvalue weighted by Crippen LogP contribution is -2.43. The third-order valence-corrected chi connectivity index (χ3v) is 9.77. The lowest BCUT2D eigenvalue weighted by molar-refractivity contribution is -0.141. The zero-order valence-corrected chi connectivity index (χ0v) is 22.6. The van der Waals surface area contributed by atoms with E-state index in [1.807, 2.05) is 32.9 Å². The maximum Gasteiger partial charge on any atom is 0.325 e. The second kappa shape index (κ2) is 10.7. The smallest absolute Gasteiger partial charge is 0.325 e. The highest BCUT2D eigenvalue weighted by Gasteiger charge is 2.32. The molecule has 8 nitrogen and oxygen atoms in total. The molecule has 0 bridgehead atoms. The Morgan fingerprint density at radius 3 is 2.47 bits per heavy atom. The summed E-state index contributed by atoms with van der Waals surface area (Å²) in [5.74, 6) is -0.957. The topological polar surface area (TPSA) is 98.0 Å². The lowest BCUT2D eigenvalue weighted by atomic mass is 10.0. The Kier molecular flexibility index (Phi) is 7.77. The Bertz CT molecular complexity index is 1470. The molecule has 1 atom stereocenters. The quantitative estimate of drug-likeness (QED) is 0.446. The monoisotopic (exact) mass is 529 g/mol. The largest absolute Gasteiger partial charge is 0.468 e. The highest BCUT2D eigenvalue weighted by Crippen LogP contribution is 2.27. The van der Waals surface area contributed by atoms with Gasteiger partial charge in [0.1, 0.15) is 6.54 Å². The van der Waals surface area contributed by atoms with Gasteiger partial charge in [-0.2, -0.15) is 9.30 Å². The van der Waals surface area contributed by atoms with Crippen LogP contribution >= 0.6 is 11.3 Å². The SMILES string of the molecule is CCC1CCCCN1S(=O)(=O)c1ccc(C(=O)N=c2sc3cc(C)c(C)cc3n2CC(=O)OC)cc1. The van der Waals surface area contributed by atoms with Gasteiger partial charge in [0, 0.05) is 18.2 Å². The summed E-state index contributed by atoms with van der Waals surface area (Å²) in [7, 11) is -2.32. The van der Waals surface area contributed by atoms with Crippen molar-refractivity contribution in [1.82, 2.24) is 8.87 Å². The van der Waals surface area contributed by atoms with Crippen molar-refractivity contribution in [3.63, 3.8) is 0 Å². The average Bonchev–Trinajstić information content (AvgIpc) is 3.19. The van der Waals surface area contributed by atoms with Crippen molar-refractivity contribution in [1.29, 1.82) is 0 Å². The molecule has 1 aliphatic heterocycles. The number of carbonyl (C=O) groups is 2. The van der Waals surface area contributed by atoms with Gasteiger partial charge in [0.2, 0.25) is 10.0 Å². The number of hydrogen-bond donors (Lipinski definition) is 0. The number of esters is 1. The molecule has 192 valence electrons. The van der Waals surface area contributed by atoms with E-state index in [0.29, 0.717) is 11.3 Å². The molecule has 0 aliphatic carbocycles. The molecule has 1 amide bonds. The predicted molar refractivity (Wildman–Crippen MR) is 139 cm³/mol. The van der Waals surface area contributed by atoms with E-state index < -0.39 is 21.9 Å². The minimum atomic E-state index is -3.64. The molecule has 3 aromatic rings. The van der Waals surface area contributed by atoms with Gasteiger partial charge in [-0.1, -0.05) is 24.7 Å². The number of ether oxygens (including phenoxy) is 1. The Balaban J connectivity index is 1.68. The first-order valence-corrected chi connectivity index (χ1v) is 14.3. The summed E-state index contributed by atoms with van der Waals surface area (Å²) in [5, 5.41) is 0. The van der Waals surface area contributed by atoms with Crippen molar-refractivity contribution in [2.24, 2.45) is 4.99 Å². The number of aryl methyl sites for hydroxylation is 2. The van der Waals surface area contributed by atoms with Crippen molar-refractivity contribution in [2.75, 3.05) is 13.7 Å². The van der Waals surface area contributed by atoms with Crippen molar-refractivity contribution < 1.29 is 22.7 Å². The fourth-order valence-electron chi connectivity index (χ4n) is 4.51. The number of sulfonamides is 1. The summed E-state index contributed by atoms with van der Waals surface area (Å²) in [5.41, 5.74) is 3.23. The van der Waals surface area contributed by atoms with E-state index in [1.165, 1.54) is 42.7 Å². The maximum atomic E-state index is 13.2. The average molecular weight is 530 g/mol. The van der Waals surface area contributed by atoms with Crippen LogP contribution in [0, 0.1) is 13.8 Å². The van der Waals surface area contributed by atoms with Gasteiger partial charge in [-0.3, -0.25) is 9.59 Å². The number of thiazole rings is 1. The van der Waals surface area contributed by atoms with Crippen LogP contribution in [0.2, 0.25) is 0 Å². The molecule has 1 aromatic heterocycles. The van der Waals surface area contributed by atoms with Crippen LogP contribution in [0.25, 0.3) is 10.2 Å². The predicted octanol–water partition coefficient (Wildman–Crippen LogP) is 4.19. The van der Waals surface area contributed by atoms with Crippen molar-refractivity contribution in [2.45, 2.75) is 63.9 Å². The molecule has 1 fully saturated rings. The number of amides is 1. The molecule has 4 rings (SSSR count). The Morgan fingerprint density at radius 2 is 1.81 bits per heavy atom. The molecular formula is C26H31N3O5S2. The summed E-state index contributed by atoms with van der Waals surface area (Å²) in [4.78, 5) is 30.0. The molecule has 0 spiro atoms. The van der Waals surface area contributed by atoms with Gasteiger partial charge < -0.3 is 9.30 Å². The molecule has 2 heterocycles. The second-order valence-electron chi connectivity index (χ2n) is 9.07. The zero-order valence-electron chi connectivity index (χ0n) is 21.0. The molecule has 2 aromatic carbocycles. The molecule has 0 radical (unpaired) electrons. The molecule has 0 N–H and O–H groups in total. The highest BCUT2D eigenvalue weighted by molar-refractivity contribution is 7.89. The van der Waals surface area contributed by atoms with Crippen molar-refractivity contribution in [3.05, 3.63) is 57.9 Å². The van der Waals surface area contributed by atoms with E-state index in [-0.39, 0.29) is 23.0 Å². The van der Waals surface area contributed by atoms with Crippen LogP contribution in [0.4, 0.5) is 0 Å². The van der Waals surface area contributed by atoms with Gasteiger partial charge in [0.15, 0.2) is 4.80 Å². The van der Waals surface area contributed by atoms with E-state index in [4.69, 9.17) is 4.74 Å². The molecule has 1 saturated heterocycles. The van der Waals surface area contributed by atoms with Crippen LogP contribution in [-0.4, -0.2) is 48.9 Å². The summed E-state index contributed by atoms with van der Waals surface area (Å²) >= 11 is 1.32. The van der Waals surface area contributed by atoms with Gasteiger partial charge in [0.25, 0.3) is 5.91 Å². The number of nitrogens with zero attached hydrogens (tertiary/aromatic N) is 3. The number of fused-ring (bicyclic) bond motifs is 1. The minimum absolute atomic E-state index is 0.00514. The summed E-state index contributed by atoms with van der Waals surface area (Å²) in [6.07, 6.45) is 3.52. The lowest BCUT2D eigenvalue weighted by Gasteiger charge is -2.34. The summed E-state index contributed by atoms with van der Waals surface area (Å²) < 4.78 is 35.5. The third-order valence-electron chi connectivity index (χ3n) is 6.76. The number of piperidine rings is 1. The number of carbonyl (C=O) groups excluding carboxylic acids is 2. The first kappa shape index (κ1) is 26.2. The second-order valence-corrected chi connectivity index (χ2v) is 12.0. The van der Waals surface area contributed by atoms with Gasteiger partial charge in [-0.15, -0.1) is 0 Å². The van der Waals surface area contributed by atoms with Crippen molar-refractivity contribution in [3.8, 4) is 0 Å². The van der Waals surface area contributed by atoms with Gasteiger partial charge in [-0.25, -0.2) is 8.42 Å². The zero-order chi connectivity index (χ0) is 26.0. The molecule has 10 heteroatoms. The van der Waals surface area contributed by atoms with Gasteiger partial charge in [-0.05, 0) is 80.6 Å². The van der Waals surface area contributed by atoms with Crippen LogP contribution < -0.4 is 4.80 Å². The van der Waals surface area contributed by atoms with E-state index in [9.17, 15) is 18.0 Å². The van der Waals surface area contributed by atoms with E-state index in [1.54, 1.807) is 8.87 Å². The van der Waals surface area contributed by atoms with E-state index in [0.717, 1.165) is 47.0 Å². The van der Waals surface area contributed by atoms with E-state index in [2.05, 4.69) is 4.99 Å². The Morgan fingerprint density at radius 1 is 1.11 bits per heavy atom. The number of rotatable bonds is 6. The Labute approximate surface area is 215 Å². The van der Waals surface area contributed by atoms with E-state index >= 15 is 0 Å². The maximum absolute atomic E-state index is 13.2. The minimum Gasteiger partial charge on any atom is -0.468 e. The molecular weight excluding hydrogens is 498 g/mol. The molecule has 36 heavy (non-hydrogen) atoms. The normalized spacial score (nSPS) is 17.4. The van der Waals surface area contributed by atoms with Gasteiger partial charge >= 0.3 is 5.97 Å². The number of benzene rings is 2. The van der Waals surface area contributed by atoms with Crippen LogP contribution in [0.15, 0.2) is 46.3 Å². The number of aromatic nitrogens is 1. The molecule has 0 saturated carbocycles. The first-order valence-electron chi connectivity index (χ1n) is 12.0. The third kappa shape index (κ3) is 5.16. The summed E-state index contributed by atoms with van der Waals surface area (Å²) in [6.45, 7) is 6.44. The standard InChI is InChI=1S/C26H31N3O5S2/c1-5-20-8-6-7-13-29(20)36(32,33)21-11-9-19(10-12-21)25(31)27-26-28(16-24(30)34-4)22-14-17(2)18(3)15-23(22)35-26/h9-12,14-15,20H,5-8,13,16H2,1-4H3. The van der Waals surface area contributed by atoms with Crippen LogP contribution in [-0.2, 0) is 26.1 Å². The highest BCUT2D eigenvalue weighted by atomic mass is 32.2. The first-order chi connectivity index (χ1) is 17.1. The fourth-order valence-corrected chi connectivity index (χ4v) is 7.38. The number of methoxy groups -OCH3 is 1. The van der Waals surface area contributed by atoms with Crippen LogP contribution in [0.1, 0.15) is 54.1 Å². The van der Waals surface area contributed by atoms with Crippen LogP contribution in [0.5, 0.6) is 0 Å². The summed E-state index contributed by atoms with van der Waals surface area (Å²) in [6, 6.07) is 9.92. The molecule has 1 unspecified atom stereocenters. The number of hydrogen-bond acceptors (Lipinski definition) is 6.